The second-order valence-electron chi connectivity index (χ2n) is 7.01. The monoisotopic (exact) mass is 378 g/mol. The van der Waals surface area contributed by atoms with Crippen LogP contribution in [0.25, 0.3) is 0 Å². The number of rotatable bonds is 5. The zero-order valence-electron chi connectivity index (χ0n) is 14.1. The van der Waals surface area contributed by atoms with E-state index in [0.29, 0.717) is 12.8 Å². The summed E-state index contributed by atoms with van der Waals surface area (Å²) in [5, 5.41) is 4.71. The van der Waals surface area contributed by atoms with Crippen LogP contribution in [0.5, 0.6) is 0 Å². The fourth-order valence-corrected chi connectivity index (χ4v) is 5.30. The van der Waals surface area contributed by atoms with Gasteiger partial charge in [-0.25, -0.2) is 12.8 Å². The number of hydrogen-bond donors (Lipinski definition) is 0. The third-order valence-corrected chi connectivity index (χ3v) is 7.29. The van der Waals surface area contributed by atoms with Gasteiger partial charge in [0.25, 0.3) is 10.9 Å². The summed E-state index contributed by atoms with van der Waals surface area (Å²) in [5.74, 6) is -1.39. The van der Waals surface area contributed by atoms with Crippen LogP contribution in [0.3, 0.4) is 0 Å². The van der Waals surface area contributed by atoms with Gasteiger partial charge in [0.05, 0.1) is 4.90 Å². The van der Waals surface area contributed by atoms with Crippen LogP contribution in [0.2, 0.25) is 0 Å². The second-order valence-corrected chi connectivity index (χ2v) is 9.09. The number of benzene rings is 1. The molecule has 26 heavy (non-hydrogen) atoms. The number of carbonyl (C=O) groups excluding carboxylic acids is 1. The number of hydrogen-bond acceptors (Lipinski definition) is 6. The lowest BCUT2D eigenvalue weighted by Crippen LogP contribution is -2.42. The normalized spacial score (nSPS) is 23.6. The molecule has 1 heterocycles. The molecule has 0 saturated heterocycles. The van der Waals surface area contributed by atoms with Crippen molar-refractivity contribution in [2.45, 2.75) is 54.3 Å². The minimum Gasteiger partial charge on any atom is -0.420 e. The van der Waals surface area contributed by atoms with Crippen molar-refractivity contribution < 1.29 is 22.0 Å². The van der Waals surface area contributed by atoms with Gasteiger partial charge in [-0.15, -0.1) is 10.2 Å². The van der Waals surface area contributed by atoms with E-state index in [1.165, 1.54) is 24.3 Å². The van der Waals surface area contributed by atoms with Gasteiger partial charge in [-0.2, -0.15) is 0 Å². The number of carbonyl (C=O) groups is 1. The summed E-state index contributed by atoms with van der Waals surface area (Å²) < 4.78 is 48.4. The van der Waals surface area contributed by atoms with E-state index in [-0.39, 0.29) is 35.3 Å². The summed E-state index contributed by atoms with van der Waals surface area (Å²) in [5.41, 5.74) is 0. The highest BCUT2D eigenvalue weighted by molar-refractivity contribution is 7.92. The third-order valence-electron chi connectivity index (χ3n) is 5.11. The van der Waals surface area contributed by atoms with Crippen molar-refractivity contribution in [3.05, 3.63) is 42.1 Å². The molecule has 0 bridgehead atoms. The van der Waals surface area contributed by atoms with Gasteiger partial charge in [-0.3, -0.25) is 4.79 Å². The lowest BCUT2D eigenvalue weighted by molar-refractivity contribution is -0.122. The number of aromatic nitrogens is 2. The van der Waals surface area contributed by atoms with E-state index < -0.39 is 26.6 Å². The summed E-state index contributed by atoms with van der Waals surface area (Å²) in [6.45, 7) is 0. The standard InChI is InChI=1S/C18H19FN2O4S/c19-18(13-5-4-6-14(22)11-13,17-21-20-16(25-17)12-9-10-12)26(23,24)15-7-2-1-3-8-15/h1-3,7-8,12-13H,4-6,9-11H2/t13-,18?/m0/s1. The minimum absolute atomic E-state index is 0.0768. The van der Waals surface area contributed by atoms with E-state index in [4.69, 9.17) is 4.42 Å². The molecule has 2 aliphatic carbocycles. The molecule has 0 N–H and O–H groups in total. The fourth-order valence-electron chi connectivity index (χ4n) is 3.49. The molecule has 138 valence electrons. The molecule has 2 saturated carbocycles. The van der Waals surface area contributed by atoms with Crippen LogP contribution in [0, 0.1) is 5.92 Å². The molecule has 4 rings (SSSR count). The second kappa shape index (κ2) is 6.26. The molecular formula is C18H19FN2O4S. The summed E-state index contributed by atoms with van der Waals surface area (Å²) in [6, 6.07) is 7.39. The van der Waals surface area contributed by atoms with Crippen molar-refractivity contribution in [1.29, 1.82) is 0 Å². The Labute approximate surface area is 150 Å². The first-order chi connectivity index (χ1) is 12.4. The zero-order valence-corrected chi connectivity index (χ0v) is 14.9. The topological polar surface area (TPSA) is 90.1 Å². The molecule has 1 aromatic heterocycles. The lowest BCUT2D eigenvalue weighted by Gasteiger charge is -2.32. The molecular weight excluding hydrogens is 359 g/mol. The molecule has 8 heteroatoms. The van der Waals surface area contributed by atoms with Gasteiger partial charge >= 0.3 is 0 Å². The van der Waals surface area contributed by atoms with Gasteiger partial charge in [0, 0.05) is 24.7 Å². The van der Waals surface area contributed by atoms with E-state index >= 15 is 4.39 Å². The summed E-state index contributed by atoms with van der Waals surface area (Å²) in [4.78, 5) is 11.7. The van der Waals surface area contributed by atoms with Crippen LogP contribution in [-0.4, -0.2) is 24.4 Å². The third kappa shape index (κ3) is 2.76. The van der Waals surface area contributed by atoms with Crippen LogP contribution in [0.4, 0.5) is 4.39 Å². The molecule has 0 aliphatic heterocycles. The Morgan fingerprint density at radius 3 is 2.50 bits per heavy atom. The van der Waals surface area contributed by atoms with Gasteiger partial charge in [0.2, 0.25) is 15.7 Å². The Kier molecular flexibility index (Phi) is 4.17. The maximum Gasteiger partial charge on any atom is 0.294 e. The predicted octanol–water partition coefficient (Wildman–Crippen LogP) is 3.30. The van der Waals surface area contributed by atoms with E-state index in [1.54, 1.807) is 6.07 Å². The number of nitrogens with zero attached hydrogens (tertiary/aromatic N) is 2. The quantitative estimate of drug-likeness (QED) is 0.793. The maximum atomic E-state index is 16.4. The Balaban J connectivity index is 1.84. The van der Waals surface area contributed by atoms with Gasteiger partial charge < -0.3 is 4.42 Å². The first-order valence-corrected chi connectivity index (χ1v) is 10.3. The highest BCUT2D eigenvalue weighted by atomic mass is 32.2. The average molecular weight is 378 g/mol. The zero-order chi connectivity index (χ0) is 18.4. The van der Waals surface area contributed by atoms with Crippen LogP contribution in [0.1, 0.15) is 56.2 Å². The van der Waals surface area contributed by atoms with Crippen molar-refractivity contribution in [2.75, 3.05) is 0 Å². The van der Waals surface area contributed by atoms with Gasteiger partial charge in [0.1, 0.15) is 5.78 Å². The van der Waals surface area contributed by atoms with Gasteiger partial charge in [-0.1, -0.05) is 18.2 Å². The van der Waals surface area contributed by atoms with Gasteiger partial charge in [0.15, 0.2) is 0 Å². The molecule has 6 nitrogen and oxygen atoms in total. The molecule has 2 fully saturated rings. The van der Waals surface area contributed by atoms with Crippen LogP contribution >= 0.6 is 0 Å². The predicted molar refractivity (Wildman–Crippen MR) is 89.7 cm³/mol. The van der Waals surface area contributed by atoms with E-state index in [2.05, 4.69) is 10.2 Å². The molecule has 2 aromatic rings. The van der Waals surface area contributed by atoms with Gasteiger partial charge in [-0.05, 0) is 37.8 Å². The highest BCUT2D eigenvalue weighted by Crippen LogP contribution is 2.49. The van der Waals surface area contributed by atoms with Crippen LogP contribution in [-0.2, 0) is 19.6 Å². The number of alkyl halides is 1. The van der Waals surface area contributed by atoms with Crippen LogP contribution in [0.15, 0.2) is 39.6 Å². The summed E-state index contributed by atoms with van der Waals surface area (Å²) in [7, 11) is -4.48. The van der Waals surface area contributed by atoms with E-state index in [1.807, 2.05) is 0 Å². The summed E-state index contributed by atoms with van der Waals surface area (Å²) >= 11 is 0. The fraction of sp³-hybridized carbons (Fsp3) is 0.500. The first kappa shape index (κ1) is 17.3. The Morgan fingerprint density at radius 2 is 1.85 bits per heavy atom. The smallest absolute Gasteiger partial charge is 0.294 e. The number of sulfone groups is 1. The Morgan fingerprint density at radius 1 is 1.12 bits per heavy atom. The van der Waals surface area contributed by atoms with E-state index in [9.17, 15) is 13.2 Å². The largest absolute Gasteiger partial charge is 0.420 e. The molecule has 2 aliphatic rings. The van der Waals surface area contributed by atoms with Crippen molar-refractivity contribution in [1.82, 2.24) is 10.2 Å². The minimum atomic E-state index is -4.48. The van der Waals surface area contributed by atoms with Crippen molar-refractivity contribution >= 4 is 15.6 Å². The SMILES string of the molecule is O=C1CCC[C@H](C(F)(c2nnc(C3CC3)o2)S(=O)(=O)c2ccccc2)C1. The molecule has 1 unspecified atom stereocenters. The number of halogens is 1. The molecule has 2 atom stereocenters. The van der Waals surface area contributed by atoms with Crippen molar-refractivity contribution in [3.63, 3.8) is 0 Å². The summed E-state index contributed by atoms with van der Waals surface area (Å²) in [6.07, 6.45) is 2.65. The van der Waals surface area contributed by atoms with E-state index in [0.717, 1.165) is 12.8 Å². The average Bonchev–Trinajstić information content (AvgIpc) is 3.38. The molecule has 0 radical (unpaired) electrons. The maximum absolute atomic E-state index is 16.4. The Hall–Kier alpha value is -2.09. The molecule has 0 amide bonds. The molecule has 0 spiro atoms. The van der Waals surface area contributed by atoms with Crippen molar-refractivity contribution in [3.8, 4) is 0 Å². The number of ketones is 1. The Bertz CT molecular complexity index is 924. The lowest BCUT2D eigenvalue weighted by atomic mass is 9.84. The number of Topliss-reactive ketones (excluding diaryl/α,β-unsaturated/α-hetero) is 1. The van der Waals surface area contributed by atoms with Crippen LogP contribution < -0.4 is 0 Å². The van der Waals surface area contributed by atoms with Crippen molar-refractivity contribution in [2.24, 2.45) is 5.92 Å². The first-order valence-electron chi connectivity index (χ1n) is 8.77. The molecule has 1 aromatic carbocycles. The highest BCUT2D eigenvalue weighted by Gasteiger charge is 2.58.